The molecule has 0 spiro atoms. The lowest BCUT2D eigenvalue weighted by molar-refractivity contribution is -0.243. The molecule has 2 rings (SSSR count). The number of para-hydroxylation sites is 1. The van der Waals surface area contributed by atoms with Gasteiger partial charge in [0, 0.05) is 5.39 Å². The van der Waals surface area contributed by atoms with Gasteiger partial charge < -0.3 is 19.3 Å². The zero-order valence-corrected chi connectivity index (χ0v) is 11.8. The Balaban J connectivity index is 2.32. The number of nitrogens with one attached hydrogen (secondary N) is 1. The first-order chi connectivity index (χ1) is 10.1. The van der Waals surface area contributed by atoms with Crippen molar-refractivity contribution in [2.45, 2.75) is 13.0 Å². The molecule has 1 aromatic heterocycles. The van der Waals surface area contributed by atoms with E-state index >= 15 is 0 Å². The third-order valence-electron chi connectivity index (χ3n) is 2.86. The van der Waals surface area contributed by atoms with Gasteiger partial charge in [-0.25, -0.2) is 9.59 Å². The first kappa shape index (κ1) is 14.9. The van der Waals surface area contributed by atoms with Crippen LogP contribution in [0.3, 0.4) is 0 Å². The van der Waals surface area contributed by atoms with Crippen LogP contribution < -0.4 is 4.89 Å². The van der Waals surface area contributed by atoms with E-state index in [2.05, 4.69) is 14.5 Å². The van der Waals surface area contributed by atoms with Gasteiger partial charge in [0.25, 0.3) is 0 Å². The van der Waals surface area contributed by atoms with Crippen molar-refractivity contribution in [3.63, 3.8) is 0 Å². The zero-order chi connectivity index (χ0) is 15.4. The number of methoxy groups -OCH3 is 2. The molecule has 0 aliphatic heterocycles. The Bertz CT molecular complexity index is 663. The number of rotatable bonds is 5. The summed E-state index contributed by atoms with van der Waals surface area (Å²) in [5.41, 5.74) is 0.790. The summed E-state index contributed by atoms with van der Waals surface area (Å²) < 4.78 is 9.21. The van der Waals surface area contributed by atoms with Crippen LogP contribution in [0.15, 0.2) is 24.3 Å². The molecular weight excluding hydrogens is 278 g/mol. The van der Waals surface area contributed by atoms with Gasteiger partial charge in [-0.2, -0.15) is 4.89 Å². The number of hydrogen-bond acceptors (Lipinski definition) is 6. The smallest absolute Gasteiger partial charge is 0.358 e. The third kappa shape index (κ3) is 2.97. The first-order valence-corrected chi connectivity index (χ1v) is 6.18. The molecule has 0 amide bonds. The van der Waals surface area contributed by atoms with Gasteiger partial charge >= 0.3 is 11.9 Å². The van der Waals surface area contributed by atoms with Crippen LogP contribution in [0.25, 0.3) is 10.9 Å². The number of carbonyl (C=O) groups excluding carboxylic acids is 2. The molecule has 7 heteroatoms. The van der Waals surface area contributed by atoms with Gasteiger partial charge in [-0.05, 0) is 19.1 Å². The molecule has 1 heterocycles. The summed E-state index contributed by atoms with van der Waals surface area (Å²) in [7, 11) is 2.50. The molecular formula is C14H15NO6. The standard InChI is InChI=1S/C14H15NO6/c1-8(13(16)18-2)20-21-12-9-6-4-5-7-10(9)15-11(12)14(17)19-3/h4-8,15H,1-3H3. The Hall–Kier alpha value is -2.54. The lowest BCUT2D eigenvalue weighted by atomic mass is 10.2. The molecule has 0 saturated heterocycles. The molecule has 1 N–H and O–H groups in total. The van der Waals surface area contributed by atoms with Gasteiger partial charge in [0.1, 0.15) is 0 Å². The highest BCUT2D eigenvalue weighted by Gasteiger charge is 2.23. The summed E-state index contributed by atoms with van der Waals surface area (Å²) in [6.07, 6.45) is -0.936. The SMILES string of the molecule is COC(=O)c1[nH]c2ccccc2c1OOC(C)C(=O)OC. The maximum absolute atomic E-state index is 11.8. The van der Waals surface area contributed by atoms with E-state index in [1.54, 1.807) is 18.2 Å². The summed E-state index contributed by atoms with van der Waals surface area (Å²) in [6.45, 7) is 1.47. The second-order valence-corrected chi connectivity index (χ2v) is 4.21. The van der Waals surface area contributed by atoms with E-state index in [1.807, 2.05) is 6.07 Å². The number of hydrogen-bond donors (Lipinski definition) is 1. The van der Waals surface area contributed by atoms with Crippen molar-refractivity contribution in [1.29, 1.82) is 0 Å². The Morgan fingerprint density at radius 2 is 1.86 bits per heavy atom. The van der Waals surface area contributed by atoms with E-state index in [4.69, 9.17) is 9.78 Å². The molecule has 0 aliphatic carbocycles. The lowest BCUT2D eigenvalue weighted by Crippen LogP contribution is -2.23. The minimum absolute atomic E-state index is 0.107. The molecule has 7 nitrogen and oxygen atoms in total. The molecule has 0 saturated carbocycles. The lowest BCUT2D eigenvalue weighted by Gasteiger charge is -2.10. The van der Waals surface area contributed by atoms with E-state index in [0.717, 1.165) is 0 Å². The second-order valence-electron chi connectivity index (χ2n) is 4.21. The van der Waals surface area contributed by atoms with Crippen molar-refractivity contribution in [3.05, 3.63) is 30.0 Å². The van der Waals surface area contributed by atoms with Gasteiger partial charge in [0.2, 0.25) is 5.75 Å². The minimum Gasteiger partial charge on any atom is -0.467 e. The first-order valence-electron chi connectivity index (χ1n) is 6.18. The number of fused-ring (bicyclic) bond motifs is 1. The second kappa shape index (κ2) is 6.27. The fraction of sp³-hybridized carbons (Fsp3) is 0.286. The van der Waals surface area contributed by atoms with Crippen molar-refractivity contribution in [2.75, 3.05) is 14.2 Å². The van der Waals surface area contributed by atoms with E-state index in [0.29, 0.717) is 10.9 Å². The maximum atomic E-state index is 11.8. The number of aromatic nitrogens is 1. The number of H-pyrrole nitrogens is 1. The monoisotopic (exact) mass is 293 g/mol. The van der Waals surface area contributed by atoms with E-state index in [1.165, 1.54) is 21.1 Å². The molecule has 0 radical (unpaired) electrons. The number of esters is 2. The van der Waals surface area contributed by atoms with Crippen LogP contribution in [0.5, 0.6) is 5.75 Å². The van der Waals surface area contributed by atoms with Crippen LogP contribution in [0.2, 0.25) is 0 Å². The number of aromatic amines is 1. The number of ether oxygens (including phenoxy) is 2. The predicted molar refractivity (Wildman–Crippen MR) is 72.8 cm³/mol. The van der Waals surface area contributed by atoms with Crippen LogP contribution in [-0.2, 0) is 19.2 Å². The van der Waals surface area contributed by atoms with Crippen molar-refractivity contribution in [3.8, 4) is 5.75 Å². The van der Waals surface area contributed by atoms with Crippen molar-refractivity contribution in [2.24, 2.45) is 0 Å². The normalized spacial score (nSPS) is 12.0. The molecule has 0 fully saturated rings. The van der Waals surface area contributed by atoms with Gasteiger partial charge in [0.05, 0.1) is 19.7 Å². The van der Waals surface area contributed by atoms with Gasteiger partial charge in [-0.15, -0.1) is 0 Å². The number of carbonyl (C=O) groups is 2. The average molecular weight is 293 g/mol. The Kier molecular flexibility index (Phi) is 4.44. The van der Waals surface area contributed by atoms with Crippen LogP contribution in [0.4, 0.5) is 0 Å². The Labute approximate surface area is 120 Å². The van der Waals surface area contributed by atoms with Crippen molar-refractivity contribution in [1.82, 2.24) is 4.98 Å². The third-order valence-corrected chi connectivity index (χ3v) is 2.86. The Morgan fingerprint density at radius 3 is 2.52 bits per heavy atom. The van der Waals surface area contributed by atoms with Gasteiger partial charge in [0.15, 0.2) is 11.8 Å². The van der Waals surface area contributed by atoms with E-state index < -0.39 is 18.0 Å². The van der Waals surface area contributed by atoms with E-state index in [9.17, 15) is 9.59 Å². The predicted octanol–water partition coefficient (Wildman–Crippen LogP) is 1.83. The average Bonchev–Trinajstić information content (AvgIpc) is 2.89. The fourth-order valence-corrected chi connectivity index (χ4v) is 1.77. The highest BCUT2D eigenvalue weighted by atomic mass is 17.2. The van der Waals surface area contributed by atoms with Gasteiger partial charge in [-0.3, -0.25) is 0 Å². The summed E-state index contributed by atoms with van der Waals surface area (Å²) >= 11 is 0. The van der Waals surface area contributed by atoms with Gasteiger partial charge in [-0.1, -0.05) is 12.1 Å². The minimum atomic E-state index is -0.936. The molecule has 21 heavy (non-hydrogen) atoms. The van der Waals surface area contributed by atoms with Crippen molar-refractivity contribution < 1.29 is 28.8 Å². The van der Waals surface area contributed by atoms with Crippen LogP contribution >= 0.6 is 0 Å². The molecule has 0 bridgehead atoms. The maximum Gasteiger partial charge on any atom is 0.358 e. The topological polar surface area (TPSA) is 86.9 Å². The number of benzene rings is 1. The molecule has 112 valence electrons. The van der Waals surface area contributed by atoms with E-state index in [-0.39, 0.29) is 11.4 Å². The molecule has 2 aromatic rings. The summed E-state index contributed by atoms with van der Waals surface area (Å²) in [6, 6.07) is 7.12. The van der Waals surface area contributed by atoms with Crippen LogP contribution in [0, 0.1) is 0 Å². The summed E-state index contributed by atoms with van der Waals surface area (Å²) in [5, 5.41) is 0.634. The Morgan fingerprint density at radius 1 is 1.14 bits per heavy atom. The molecule has 1 aromatic carbocycles. The van der Waals surface area contributed by atoms with Crippen LogP contribution in [0.1, 0.15) is 17.4 Å². The largest absolute Gasteiger partial charge is 0.467 e. The summed E-state index contributed by atoms with van der Waals surface area (Å²) in [5.74, 6) is -1.03. The van der Waals surface area contributed by atoms with Crippen molar-refractivity contribution >= 4 is 22.8 Å². The highest BCUT2D eigenvalue weighted by Crippen LogP contribution is 2.31. The quantitative estimate of drug-likeness (QED) is 0.514. The fourth-order valence-electron chi connectivity index (χ4n) is 1.77. The molecule has 0 aliphatic rings. The zero-order valence-electron chi connectivity index (χ0n) is 11.8. The molecule has 1 unspecified atom stereocenters. The molecule has 1 atom stereocenters. The highest BCUT2D eigenvalue weighted by molar-refractivity contribution is 6.00. The van der Waals surface area contributed by atoms with Crippen LogP contribution in [-0.4, -0.2) is 37.2 Å². The summed E-state index contributed by atoms with van der Waals surface area (Å²) in [4.78, 5) is 36.1.